The maximum atomic E-state index is 13.5. The lowest BCUT2D eigenvalue weighted by atomic mass is 9.91. The van der Waals surface area contributed by atoms with Gasteiger partial charge in [-0.05, 0) is 37.6 Å². The molecule has 0 radical (unpaired) electrons. The molecule has 1 unspecified atom stereocenters. The molecule has 0 saturated carbocycles. The third kappa shape index (κ3) is 3.28. The lowest BCUT2D eigenvalue weighted by molar-refractivity contribution is -0.130. The zero-order valence-electron chi connectivity index (χ0n) is 15.2. The molecule has 6 nitrogen and oxygen atoms in total. The fourth-order valence-electron chi connectivity index (χ4n) is 3.05. The SMILES string of the molecule is COc1ccc(F)cc1C(=O)CN1C(=O)NC(C)(c2ccc(C)cc2)C1=O. The number of aryl methyl sites for hydroxylation is 1. The lowest BCUT2D eigenvalue weighted by Gasteiger charge is -2.22. The van der Waals surface area contributed by atoms with E-state index in [0.29, 0.717) is 5.56 Å². The van der Waals surface area contributed by atoms with Gasteiger partial charge < -0.3 is 10.1 Å². The highest BCUT2D eigenvalue weighted by Crippen LogP contribution is 2.29. The average molecular weight is 370 g/mol. The minimum Gasteiger partial charge on any atom is -0.496 e. The molecule has 27 heavy (non-hydrogen) atoms. The Labute approximate surface area is 155 Å². The third-order valence-corrected chi connectivity index (χ3v) is 4.67. The van der Waals surface area contributed by atoms with Gasteiger partial charge in [-0.3, -0.25) is 14.5 Å². The van der Waals surface area contributed by atoms with Gasteiger partial charge in [0, 0.05) is 0 Å². The molecular formula is C20H19FN2O4. The normalized spacial score (nSPS) is 19.2. The number of ketones is 1. The summed E-state index contributed by atoms with van der Waals surface area (Å²) in [6.45, 7) is 3.00. The molecule has 1 aliphatic heterocycles. The van der Waals surface area contributed by atoms with E-state index in [2.05, 4.69) is 5.32 Å². The summed E-state index contributed by atoms with van der Waals surface area (Å²) < 4.78 is 18.6. The van der Waals surface area contributed by atoms with Crippen LogP contribution in [0.15, 0.2) is 42.5 Å². The Balaban J connectivity index is 1.87. The number of nitrogens with zero attached hydrogens (tertiary/aromatic N) is 1. The van der Waals surface area contributed by atoms with E-state index in [9.17, 15) is 18.8 Å². The molecule has 3 amide bonds. The lowest BCUT2D eigenvalue weighted by Crippen LogP contribution is -2.41. The number of imide groups is 1. The summed E-state index contributed by atoms with van der Waals surface area (Å²) in [6, 6.07) is 10.0. The number of carbonyl (C=O) groups is 3. The minimum atomic E-state index is -1.27. The fourth-order valence-corrected chi connectivity index (χ4v) is 3.05. The number of amides is 3. The van der Waals surface area contributed by atoms with Gasteiger partial charge in [0.2, 0.25) is 0 Å². The molecule has 140 valence electrons. The maximum Gasteiger partial charge on any atom is 0.325 e. The summed E-state index contributed by atoms with van der Waals surface area (Å²) in [4.78, 5) is 38.7. The first-order chi connectivity index (χ1) is 12.8. The van der Waals surface area contributed by atoms with E-state index < -0.39 is 35.6 Å². The van der Waals surface area contributed by atoms with E-state index in [1.807, 2.05) is 19.1 Å². The van der Waals surface area contributed by atoms with Crippen molar-refractivity contribution in [1.29, 1.82) is 0 Å². The Kier molecular flexibility index (Phi) is 4.70. The quantitative estimate of drug-likeness (QED) is 0.649. The first-order valence-electron chi connectivity index (χ1n) is 8.34. The number of rotatable bonds is 5. The zero-order valence-corrected chi connectivity index (χ0v) is 15.2. The Hall–Kier alpha value is -3.22. The molecule has 1 saturated heterocycles. The smallest absolute Gasteiger partial charge is 0.325 e. The molecule has 3 rings (SSSR count). The second kappa shape index (κ2) is 6.83. The van der Waals surface area contributed by atoms with Crippen LogP contribution in [0.1, 0.15) is 28.4 Å². The summed E-state index contributed by atoms with van der Waals surface area (Å²) in [5.74, 6) is -1.57. The zero-order chi connectivity index (χ0) is 19.8. The van der Waals surface area contributed by atoms with E-state index in [1.165, 1.54) is 13.2 Å². The van der Waals surface area contributed by atoms with Crippen LogP contribution in [0.5, 0.6) is 5.75 Å². The number of nitrogens with one attached hydrogen (secondary N) is 1. The minimum absolute atomic E-state index is 0.0259. The van der Waals surface area contributed by atoms with Gasteiger partial charge in [0.1, 0.15) is 17.1 Å². The molecule has 1 heterocycles. The van der Waals surface area contributed by atoms with Gasteiger partial charge in [-0.25, -0.2) is 9.18 Å². The van der Waals surface area contributed by atoms with Crippen LogP contribution < -0.4 is 10.1 Å². The standard InChI is InChI=1S/C20H19FN2O4/c1-12-4-6-13(7-5-12)20(2)18(25)23(19(26)22-20)11-16(24)15-10-14(21)8-9-17(15)27-3/h4-10H,11H2,1-3H3,(H,22,26). The first-order valence-corrected chi connectivity index (χ1v) is 8.34. The van der Waals surface area contributed by atoms with Gasteiger partial charge >= 0.3 is 6.03 Å². The second-order valence-electron chi connectivity index (χ2n) is 6.58. The molecular weight excluding hydrogens is 351 g/mol. The van der Waals surface area contributed by atoms with Gasteiger partial charge in [-0.1, -0.05) is 29.8 Å². The Morgan fingerprint density at radius 1 is 1.19 bits per heavy atom. The highest BCUT2D eigenvalue weighted by molar-refractivity contribution is 6.11. The Bertz CT molecular complexity index is 926. The van der Waals surface area contributed by atoms with Crippen molar-refractivity contribution in [2.45, 2.75) is 19.4 Å². The molecule has 0 spiro atoms. The number of ether oxygens (including phenoxy) is 1. The van der Waals surface area contributed by atoms with Crippen LogP contribution >= 0.6 is 0 Å². The monoisotopic (exact) mass is 370 g/mol. The van der Waals surface area contributed by atoms with Crippen molar-refractivity contribution in [3.8, 4) is 5.75 Å². The highest BCUT2D eigenvalue weighted by Gasteiger charge is 2.49. The van der Waals surface area contributed by atoms with E-state index >= 15 is 0 Å². The first kappa shape index (κ1) is 18.6. The number of hydrogen-bond acceptors (Lipinski definition) is 4. The van der Waals surface area contributed by atoms with Crippen LogP contribution in [-0.2, 0) is 10.3 Å². The third-order valence-electron chi connectivity index (χ3n) is 4.67. The van der Waals surface area contributed by atoms with Gasteiger partial charge in [-0.2, -0.15) is 0 Å². The summed E-state index contributed by atoms with van der Waals surface area (Å²) in [5.41, 5.74) is 0.341. The van der Waals surface area contributed by atoms with Crippen molar-refractivity contribution in [3.05, 3.63) is 65.0 Å². The molecule has 1 fully saturated rings. The molecule has 0 bridgehead atoms. The average Bonchev–Trinajstić information content (AvgIpc) is 2.86. The van der Waals surface area contributed by atoms with Crippen molar-refractivity contribution in [2.24, 2.45) is 0 Å². The van der Waals surface area contributed by atoms with Gasteiger partial charge in [-0.15, -0.1) is 0 Å². The molecule has 1 aliphatic rings. The van der Waals surface area contributed by atoms with Crippen molar-refractivity contribution < 1.29 is 23.5 Å². The van der Waals surface area contributed by atoms with Crippen molar-refractivity contribution >= 4 is 17.7 Å². The van der Waals surface area contributed by atoms with Crippen LogP contribution in [0, 0.1) is 12.7 Å². The van der Waals surface area contributed by atoms with Crippen LogP contribution in [0.4, 0.5) is 9.18 Å². The molecule has 2 aromatic rings. The fraction of sp³-hybridized carbons (Fsp3) is 0.250. The van der Waals surface area contributed by atoms with Crippen LogP contribution in [0.25, 0.3) is 0 Å². The van der Waals surface area contributed by atoms with Gasteiger partial charge in [0.25, 0.3) is 5.91 Å². The summed E-state index contributed by atoms with van der Waals surface area (Å²) in [6.07, 6.45) is 0. The number of methoxy groups -OCH3 is 1. The van der Waals surface area contributed by atoms with E-state index in [-0.39, 0.29) is 11.3 Å². The topological polar surface area (TPSA) is 75.7 Å². The van der Waals surface area contributed by atoms with Crippen molar-refractivity contribution in [3.63, 3.8) is 0 Å². The van der Waals surface area contributed by atoms with Crippen LogP contribution in [-0.4, -0.2) is 36.3 Å². The van der Waals surface area contributed by atoms with Gasteiger partial charge in [0.05, 0.1) is 19.2 Å². The molecule has 0 aromatic heterocycles. The second-order valence-corrected chi connectivity index (χ2v) is 6.58. The van der Waals surface area contributed by atoms with E-state index in [0.717, 1.165) is 22.6 Å². The Morgan fingerprint density at radius 3 is 2.48 bits per heavy atom. The molecule has 1 atom stereocenters. The Morgan fingerprint density at radius 2 is 1.85 bits per heavy atom. The maximum absolute atomic E-state index is 13.5. The van der Waals surface area contributed by atoms with Gasteiger partial charge in [0.15, 0.2) is 5.78 Å². The largest absolute Gasteiger partial charge is 0.496 e. The molecule has 1 N–H and O–H groups in total. The molecule has 7 heteroatoms. The number of urea groups is 1. The van der Waals surface area contributed by atoms with E-state index in [4.69, 9.17) is 4.74 Å². The van der Waals surface area contributed by atoms with E-state index in [1.54, 1.807) is 19.1 Å². The predicted molar refractivity (Wildman–Crippen MR) is 96.1 cm³/mol. The summed E-state index contributed by atoms with van der Waals surface area (Å²) in [5, 5.41) is 2.64. The highest BCUT2D eigenvalue weighted by atomic mass is 19.1. The molecule has 2 aromatic carbocycles. The summed E-state index contributed by atoms with van der Waals surface area (Å²) >= 11 is 0. The van der Waals surface area contributed by atoms with Crippen molar-refractivity contribution in [2.75, 3.05) is 13.7 Å². The van der Waals surface area contributed by atoms with Crippen molar-refractivity contribution in [1.82, 2.24) is 10.2 Å². The number of benzene rings is 2. The number of halogens is 1. The van der Waals surface area contributed by atoms with Crippen LogP contribution in [0.3, 0.4) is 0 Å². The van der Waals surface area contributed by atoms with Crippen LogP contribution in [0.2, 0.25) is 0 Å². The predicted octanol–water partition coefficient (Wildman–Crippen LogP) is 2.79. The number of hydrogen-bond donors (Lipinski definition) is 1. The number of carbonyl (C=O) groups excluding carboxylic acids is 3. The summed E-state index contributed by atoms with van der Waals surface area (Å²) in [7, 11) is 1.35. The number of Topliss-reactive ketones (excluding diaryl/α,β-unsaturated/α-hetero) is 1. The molecule has 0 aliphatic carbocycles.